The minimum absolute atomic E-state index is 0.212. The van der Waals surface area contributed by atoms with Gasteiger partial charge in [-0.1, -0.05) is 0 Å². The molecule has 1 aliphatic rings. The second kappa shape index (κ2) is 4.71. The standard InChI is InChI=1S/C12H18N4O2S2/c1-3-13-9-10(16-7-8-19-11(16)14-9)20(17,18)15-12(2)5-4-6-12/h7-8,13,15H,3-6H2,1-2H3. The van der Waals surface area contributed by atoms with E-state index in [4.69, 9.17) is 0 Å². The van der Waals surface area contributed by atoms with Crippen molar-refractivity contribution in [3.63, 3.8) is 0 Å². The van der Waals surface area contributed by atoms with Gasteiger partial charge in [0.25, 0.3) is 10.0 Å². The lowest BCUT2D eigenvalue weighted by atomic mass is 9.80. The van der Waals surface area contributed by atoms with E-state index in [9.17, 15) is 8.42 Å². The number of thiazole rings is 1. The van der Waals surface area contributed by atoms with Crippen LogP contribution < -0.4 is 10.0 Å². The first-order valence-electron chi connectivity index (χ1n) is 6.69. The normalized spacial score (nSPS) is 18.1. The summed E-state index contributed by atoms with van der Waals surface area (Å²) in [5, 5.41) is 5.08. The van der Waals surface area contributed by atoms with Gasteiger partial charge in [0.2, 0.25) is 0 Å². The second-order valence-electron chi connectivity index (χ2n) is 5.37. The molecule has 0 spiro atoms. The average molecular weight is 314 g/mol. The highest BCUT2D eigenvalue weighted by atomic mass is 32.2. The first kappa shape index (κ1) is 13.8. The predicted octanol–water partition coefficient (Wildman–Crippen LogP) is 2.05. The number of nitrogens with one attached hydrogen (secondary N) is 2. The molecule has 6 nitrogen and oxygen atoms in total. The van der Waals surface area contributed by atoms with Crippen molar-refractivity contribution in [3.05, 3.63) is 11.6 Å². The lowest BCUT2D eigenvalue weighted by Crippen LogP contribution is -2.51. The molecule has 0 saturated heterocycles. The van der Waals surface area contributed by atoms with E-state index in [0.29, 0.717) is 17.3 Å². The second-order valence-corrected chi connectivity index (χ2v) is 7.84. The number of rotatable bonds is 5. The lowest BCUT2D eigenvalue weighted by Gasteiger charge is -2.38. The van der Waals surface area contributed by atoms with Crippen molar-refractivity contribution >= 4 is 32.1 Å². The van der Waals surface area contributed by atoms with E-state index >= 15 is 0 Å². The minimum Gasteiger partial charge on any atom is -0.368 e. The van der Waals surface area contributed by atoms with E-state index < -0.39 is 10.0 Å². The number of hydrogen-bond donors (Lipinski definition) is 2. The van der Waals surface area contributed by atoms with Crippen LogP contribution >= 0.6 is 11.3 Å². The van der Waals surface area contributed by atoms with Crippen molar-refractivity contribution in [1.82, 2.24) is 14.1 Å². The molecule has 0 aromatic carbocycles. The zero-order chi connectivity index (χ0) is 14.4. The van der Waals surface area contributed by atoms with Gasteiger partial charge in [0, 0.05) is 23.7 Å². The maximum absolute atomic E-state index is 12.7. The smallest absolute Gasteiger partial charge is 0.260 e. The molecule has 2 heterocycles. The quantitative estimate of drug-likeness (QED) is 0.885. The monoisotopic (exact) mass is 314 g/mol. The summed E-state index contributed by atoms with van der Waals surface area (Å²) >= 11 is 1.42. The van der Waals surface area contributed by atoms with E-state index in [1.165, 1.54) is 11.3 Å². The molecule has 1 aliphatic carbocycles. The summed E-state index contributed by atoms with van der Waals surface area (Å²) in [7, 11) is -3.59. The van der Waals surface area contributed by atoms with Crippen LogP contribution in [0.5, 0.6) is 0 Å². The van der Waals surface area contributed by atoms with Gasteiger partial charge in [-0.3, -0.25) is 4.40 Å². The summed E-state index contributed by atoms with van der Waals surface area (Å²) in [6.07, 6.45) is 4.58. The van der Waals surface area contributed by atoms with Crippen LogP contribution in [0.2, 0.25) is 0 Å². The van der Waals surface area contributed by atoms with Crippen molar-refractivity contribution in [2.24, 2.45) is 0 Å². The maximum atomic E-state index is 12.7. The molecular weight excluding hydrogens is 296 g/mol. The Morgan fingerprint density at radius 3 is 2.85 bits per heavy atom. The van der Waals surface area contributed by atoms with Crippen LogP contribution in [0.4, 0.5) is 5.82 Å². The number of aromatic nitrogens is 2. The summed E-state index contributed by atoms with van der Waals surface area (Å²) in [6, 6.07) is 0. The number of nitrogens with zero attached hydrogens (tertiary/aromatic N) is 2. The Kier molecular flexibility index (Phi) is 3.26. The Balaban J connectivity index is 2.06. The number of hydrogen-bond acceptors (Lipinski definition) is 5. The summed E-state index contributed by atoms with van der Waals surface area (Å²) in [6.45, 7) is 4.50. The third kappa shape index (κ3) is 2.21. The van der Waals surface area contributed by atoms with Crippen LogP contribution in [-0.2, 0) is 10.0 Å². The molecule has 2 aromatic heterocycles. The minimum atomic E-state index is -3.59. The highest BCUT2D eigenvalue weighted by molar-refractivity contribution is 7.89. The third-order valence-electron chi connectivity index (χ3n) is 3.65. The van der Waals surface area contributed by atoms with Gasteiger partial charge in [-0.15, -0.1) is 11.3 Å². The van der Waals surface area contributed by atoms with Crippen LogP contribution in [0.15, 0.2) is 16.6 Å². The molecule has 20 heavy (non-hydrogen) atoms. The zero-order valence-corrected chi connectivity index (χ0v) is 13.1. The third-order valence-corrected chi connectivity index (χ3v) is 6.07. The molecule has 0 radical (unpaired) electrons. The number of imidazole rings is 1. The Morgan fingerprint density at radius 1 is 1.50 bits per heavy atom. The topological polar surface area (TPSA) is 75.5 Å². The number of anilines is 1. The van der Waals surface area contributed by atoms with Crippen molar-refractivity contribution in [3.8, 4) is 0 Å². The SMILES string of the molecule is CCNc1nc2sccn2c1S(=O)(=O)NC1(C)CCC1. The number of fused-ring (bicyclic) bond motifs is 1. The highest BCUT2D eigenvalue weighted by Crippen LogP contribution is 2.34. The number of sulfonamides is 1. The Labute approximate surface area is 122 Å². The lowest BCUT2D eigenvalue weighted by molar-refractivity contribution is 0.247. The fourth-order valence-electron chi connectivity index (χ4n) is 2.49. The molecule has 2 aromatic rings. The summed E-state index contributed by atoms with van der Waals surface area (Å²) in [5.41, 5.74) is -0.317. The maximum Gasteiger partial charge on any atom is 0.260 e. The van der Waals surface area contributed by atoms with Gasteiger partial charge in [0.05, 0.1) is 0 Å². The van der Waals surface area contributed by atoms with Crippen molar-refractivity contribution in [2.45, 2.75) is 43.7 Å². The van der Waals surface area contributed by atoms with E-state index in [2.05, 4.69) is 15.0 Å². The van der Waals surface area contributed by atoms with E-state index in [-0.39, 0.29) is 10.6 Å². The summed E-state index contributed by atoms with van der Waals surface area (Å²) in [4.78, 5) is 5.03. The molecule has 8 heteroatoms. The first-order valence-corrected chi connectivity index (χ1v) is 9.05. The molecule has 0 atom stereocenters. The predicted molar refractivity (Wildman–Crippen MR) is 79.8 cm³/mol. The molecule has 0 amide bonds. The van der Waals surface area contributed by atoms with Crippen molar-refractivity contribution < 1.29 is 8.42 Å². The van der Waals surface area contributed by atoms with Crippen molar-refractivity contribution in [2.75, 3.05) is 11.9 Å². The fourth-order valence-corrected chi connectivity index (χ4v) is 4.99. The van der Waals surface area contributed by atoms with Crippen LogP contribution in [-0.4, -0.2) is 29.9 Å². The Morgan fingerprint density at radius 2 is 2.25 bits per heavy atom. The zero-order valence-electron chi connectivity index (χ0n) is 11.5. The van der Waals surface area contributed by atoms with Gasteiger partial charge in [-0.2, -0.15) is 0 Å². The summed E-state index contributed by atoms with van der Waals surface area (Å²) < 4.78 is 29.9. The first-order chi connectivity index (χ1) is 9.45. The van der Waals surface area contributed by atoms with Gasteiger partial charge >= 0.3 is 0 Å². The molecular formula is C12H18N4O2S2. The van der Waals surface area contributed by atoms with Crippen LogP contribution in [0, 0.1) is 0 Å². The molecule has 3 rings (SSSR count). The molecule has 0 unspecified atom stereocenters. The molecule has 110 valence electrons. The molecule has 0 aliphatic heterocycles. The van der Waals surface area contributed by atoms with Gasteiger partial charge in [0.15, 0.2) is 15.8 Å². The van der Waals surface area contributed by atoms with E-state index in [0.717, 1.165) is 19.3 Å². The fraction of sp³-hybridized carbons (Fsp3) is 0.583. The van der Waals surface area contributed by atoms with Crippen LogP contribution in [0.1, 0.15) is 33.1 Å². The molecule has 1 fully saturated rings. The Hall–Kier alpha value is -1.12. The van der Waals surface area contributed by atoms with Crippen molar-refractivity contribution in [1.29, 1.82) is 0 Å². The van der Waals surface area contributed by atoms with Crippen LogP contribution in [0.25, 0.3) is 4.96 Å². The highest BCUT2D eigenvalue weighted by Gasteiger charge is 2.38. The molecule has 0 bridgehead atoms. The van der Waals surface area contributed by atoms with Gasteiger partial charge in [0.1, 0.15) is 0 Å². The van der Waals surface area contributed by atoms with E-state index in [1.54, 1.807) is 10.6 Å². The van der Waals surface area contributed by atoms with Gasteiger partial charge < -0.3 is 5.32 Å². The van der Waals surface area contributed by atoms with Crippen LogP contribution in [0.3, 0.4) is 0 Å². The molecule has 1 saturated carbocycles. The molecule has 2 N–H and O–H groups in total. The van der Waals surface area contributed by atoms with Gasteiger partial charge in [-0.05, 0) is 33.1 Å². The largest absolute Gasteiger partial charge is 0.368 e. The average Bonchev–Trinajstić information content (AvgIpc) is 2.86. The Bertz CT molecular complexity index is 728. The van der Waals surface area contributed by atoms with Gasteiger partial charge in [-0.25, -0.2) is 18.1 Å². The summed E-state index contributed by atoms with van der Waals surface area (Å²) in [5.74, 6) is 0.426. The van der Waals surface area contributed by atoms with E-state index in [1.807, 2.05) is 19.2 Å².